The van der Waals surface area contributed by atoms with E-state index in [2.05, 4.69) is 206 Å². The van der Waals surface area contributed by atoms with Crippen molar-refractivity contribution in [3.05, 3.63) is 206 Å². The van der Waals surface area contributed by atoms with Gasteiger partial charge in [0, 0.05) is 0 Å². The molecule has 0 spiro atoms. The molecule has 0 radical (unpaired) electrons. The zero-order valence-corrected chi connectivity index (χ0v) is 28.6. The minimum absolute atomic E-state index is 1.22. The highest BCUT2D eigenvalue weighted by atomic mass is 14.2. The van der Waals surface area contributed by atoms with Gasteiger partial charge in [0.2, 0.25) is 0 Å². The Morgan fingerprint density at radius 3 is 1.33 bits per heavy atom. The van der Waals surface area contributed by atoms with Gasteiger partial charge < -0.3 is 0 Å². The van der Waals surface area contributed by atoms with Gasteiger partial charge in [-0.2, -0.15) is 0 Å². The van der Waals surface area contributed by atoms with Gasteiger partial charge in [0.15, 0.2) is 0 Å². The largest absolute Gasteiger partial charge is 0.0622 e. The summed E-state index contributed by atoms with van der Waals surface area (Å²) < 4.78 is 0. The Labute approximate surface area is 303 Å². The van der Waals surface area contributed by atoms with Gasteiger partial charge in [-0.25, -0.2) is 0 Å². The Morgan fingerprint density at radius 2 is 0.635 bits per heavy atom. The predicted octanol–water partition coefficient (Wildman–Crippen LogP) is 14.6. The molecule has 0 saturated heterocycles. The molecule has 52 heavy (non-hydrogen) atoms. The van der Waals surface area contributed by atoms with E-state index in [1.54, 1.807) is 0 Å². The van der Waals surface area contributed by atoms with Crippen molar-refractivity contribution in [2.75, 3.05) is 0 Å². The molecule has 0 aliphatic heterocycles. The Kier molecular flexibility index (Phi) is 7.25. The van der Waals surface area contributed by atoms with E-state index < -0.39 is 0 Å². The van der Waals surface area contributed by atoms with Crippen molar-refractivity contribution in [2.45, 2.75) is 0 Å². The predicted molar refractivity (Wildman–Crippen MR) is 224 cm³/mol. The van der Waals surface area contributed by atoms with Crippen LogP contribution in [0.2, 0.25) is 0 Å². The van der Waals surface area contributed by atoms with Crippen LogP contribution >= 0.6 is 0 Å². The molecule has 0 bridgehead atoms. The first-order valence-electron chi connectivity index (χ1n) is 18.0. The Morgan fingerprint density at radius 1 is 0.192 bits per heavy atom. The molecule has 0 aliphatic carbocycles. The summed E-state index contributed by atoms with van der Waals surface area (Å²) in [5, 5.41) is 10.1. The first-order valence-corrected chi connectivity index (χ1v) is 18.0. The van der Waals surface area contributed by atoms with Crippen LogP contribution in [0.5, 0.6) is 0 Å². The molecule has 242 valence electrons. The smallest absolute Gasteiger partial charge is 0.00201 e. The number of benzene rings is 10. The number of rotatable bonds is 5. The van der Waals surface area contributed by atoms with Gasteiger partial charge in [-0.05, 0) is 117 Å². The third-order valence-electron chi connectivity index (χ3n) is 10.6. The highest BCUT2D eigenvalue weighted by Crippen LogP contribution is 2.46. The Balaban J connectivity index is 1.10. The van der Waals surface area contributed by atoms with Crippen LogP contribution in [0.25, 0.3) is 98.7 Å². The quantitative estimate of drug-likeness (QED) is 0.161. The lowest BCUT2D eigenvalue weighted by Crippen LogP contribution is -1.92. The molecule has 0 saturated carbocycles. The van der Waals surface area contributed by atoms with E-state index in [0.29, 0.717) is 0 Å². The van der Waals surface area contributed by atoms with Crippen LogP contribution in [0, 0.1) is 0 Å². The summed E-state index contributed by atoms with van der Waals surface area (Å²) in [5.74, 6) is 0. The zero-order valence-electron chi connectivity index (χ0n) is 28.6. The van der Waals surface area contributed by atoms with Crippen molar-refractivity contribution in [3.8, 4) is 55.6 Å². The van der Waals surface area contributed by atoms with Crippen LogP contribution in [0.4, 0.5) is 0 Å². The molecule has 0 fully saturated rings. The lowest BCUT2D eigenvalue weighted by atomic mass is 9.84. The van der Waals surface area contributed by atoms with E-state index >= 15 is 0 Å². The standard InChI is InChI=1S/C52H34/c1-2-12-35(13-3-1)37-24-27-38(28-25-37)51-47-19-6-8-21-49(47)52(50-22-9-7-20-48(50)51)46-23-11-18-44-34-43(30-31-45(44)46)41-17-10-16-40(33-41)42-29-26-36-14-4-5-15-39(36)32-42/h1-34H. The molecule has 0 amide bonds. The van der Waals surface area contributed by atoms with Crippen molar-refractivity contribution >= 4 is 43.1 Å². The van der Waals surface area contributed by atoms with Crippen molar-refractivity contribution in [2.24, 2.45) is 0 Å². The second-order valence-corrected chi connectivity index (χ2v) is 13.7. The molecular weight excluding hydrogens is 625 g/mol. The van der Waals surface area contributed by atoms with Gasteiger partial charge in [0.1, 0.15) is 0 Å². The SMILES string of the molecule is c1ccc(-c2ccc(-c3c4ccccc4c(-c4cccc5cc(-c6cccc(-c7ccc8ccccc8c7)c6)ccc45)c4ccccc34)cc2)cc1. The van der Waals surface area contributed by atoms with E-state index in [-0.39, 0.29) is 0 Å². The highest BCUT2D eigenvalue weighted by molar-refractivity contribution is 6.23. The molecule has 10 rings (SSSR count). The zero-order chi connectivity index (χ0) is 34.4. The molecule has 0 heterocycles. The lowest BCUT2D eigenvalue weighted by molar-refractivity contribution is 1.61. The number of fused-ring (bicyclic) bond motifs is 4. The first kappa shape index (κ1) is 30.1. The summed E-state index contributed by atoms with van der Waals surface area (Å²) in [5.41, 5.74) is 12.4. The molecular formula is C52H34. The van der Waals surface area contributed by atoms with Gasteiger partial charge in [0.05, 0.1) is 0 Å². The van der Waals surface area contributed by atoms with Gasteiger partial charge in [-0.15, -0.1) is 0 Å². The van der Waals surface area contributed by atoms with E-state index in [9.17, 15) is 0 Å². The molecule has 0 heteroatoms. The fourth-order valence-corrected chi connectivity index (χ4v) is 8.12. The maximum Gasteiger partial charge on any atom is -0.00201 e. The average Bonchev–Trinajstić information content (AvgIpc) is 3.22. The molecule has 0 aliphatic rings. The van der Waals surface area contributed by atoms with Crippen LogP contribution < -0.4 is 0 Å². The summed E-state index contributed by atoms with van der Waals surface area (Å²) in [6.45, 7) is 0. The second-order valence-electron chi connectivity index (χ2n) is 13.7. The summed E-state index contributed by atoms with van der Waals surface area (Å²) in [6, 6.07) is 75.5. The van der Waals surface area contributed by atoms with E-state index in [4.69, 9.17) is 0 Å². The second kappa shape index (κ2) is 12.5. The van der Waals surface area contributed by atoms with Crippen molar-refractivity contribution in [1.29, 1.82) is 0 Å². The van der Waals surface area contributed by atoms with Gasteiger partial charge in [-0.1, -0.05) is 188 Å². The molecule has 10 aromatic carbocycles. The van der Waals surface area contributed by atoms with Crippen molar-refractivity contribution in [1.82, 2.24) is 0 Å². The van der Waals surface area contributed by atoms with Crippen LogP contribution in [0.15, 0.2) is 206 Å². The van der Waals surface area contributed by atoms with Crippen molar-refractivity contribution in [3.63, 3.8) is 0 Å². The van der Waals surface area contributed by atoms with Crippen LogP contribution in [-0.2, 0) is 0 Å². The molecule has 0 aromatic heterocycles. The van der Waals surface area contributed by atoms with Crippen LogP contribution in [0.1, 0.15) is 0 Å². The van der Waals surface area contributed by atoms with Crippen molar-refractivity contribution < 1.29 is 0 Å². The van der Waals surface area contributed by atoms with E-state index in [0.717, 1.165) is 0 Å². The number of hydrogen-bond acceptors (Lipinski definition) is 0. The van der Waals surface area contributed by atoms with Crippen LogP contribution in [0.3, 0.4) is 0 Å². The molecule has 0 nitrogen and oxygen atoms in total. The maximum absolute atomic E-state index is 2.35. The fraction of sp³-hybridized carbons (Fsp3) is 0. The first-order chi connectivity index (χ1) is 25.8. The Bertz CT molecular complexity index is 2880. The summed E-state index contributed by atoms with van der Waals surface area (Å²) in [4.78, 5) is 0. The number of hydrogen-bond donors (Lipinski definition) is 0. The summed E-state index contributed by atoms with van der Waals surface area (Å²) in [6.07, 6.45) is 0. The summed E-state index contributed by atoms with van der Waals surface area (Å²) in [7, 11) is 0. The fourth-order valence-electron chi connectivity index (χ4n) is 8.12. The van der Waals surface area contributed by atoms with E-state index in [1.807, 2.05) is 0 Å². The molecule has 0 atom stereocenters. The third kappa shape index (κ3) is 5.16. The highest BCUT2D eigenvalue weighted by Gasteiger charge is 2.18. The van der Waals surface area contributed by atoms with Gasteiger partial charge in [-0.3, -0.25) is 0 Å². The summed E-state index contributed by atoms with van der Waals surface area (Å²) >= 11 is 0. The lowest BCUT2D eigenvalue weighted by Gasteiger charge is -2.19. The average molecular weight is 659 g/mol. The molecule has 0 unspecified atom stereocenters. The molecule has 10 aromatic rings. The van der Waals surface area contributed by atoms with Crippen LogP contribution in [-0.4, -0.2) is 0 Å². The topological polar surface area (TPSA) is 0 Å². The van der Waals surface area contributed by atoms with Gasteiger partial charge >= 0.3 is 0 Å². The minimum Gasteiger partial charge on any atom is -0.0622 e. The Hall–Kier alpha value is -6.76. The molecule has 0 N–H and O–H groups in total. The minimum atomic E-state index is 1.22. The maximum atomic E-state index is 2.35. The normalized spacial score (nSPS) is 11.5. The van der Waals surface area contributed by atoms with E-state index in [1.165, 1.54) is 98.7 Å². The third-order valence-corrected chi connectivity index (χ3v) is 10.6. The monoisotopic (exact) mass is 658 g/mol. The van der Waals surface area contributed by atoms with Gasteiger partial charge in [0.25, 0.3) is 0 Å².